The van der Waals surface area contributed by atoms with Gasteiger partial charge in [-0.3, -0.25) is 9.59 Å². The molecular formula is C13H15N5O2S. The highest BCUT2D eigenvalue weighted by atomic mass is 32.1. The van der Waals surface area contributed by atoms with Gasteiger partial charge in [0.25, 0.3) is 5.91 Å². The van der Waals surface area contributed by atoms with E-state index in [1.807, 2.05) is 6.92 Å². The summed E-state index contributed by atoms with van der Waals surface area (Å²) in [4.78, 5) is 24.4. The number of thiophene rings is 1. The molecule has 1 aromatic heterocycles. The number of hydrogen-bond donors (Lipinski definition) is 3. The Morgan fingerprint density at radius 1 is 1.67 bits per heavy atom. The molecule has 8 heteroatoms. The van der Waals surface area contributed by atoms with Gasteiger partial charge in [-0.15, -0.1) is 11.3 Å². The lowest BCUT2D eigenvalue weighted by Crippen LogP contribution is -2.43. The second kappa shape index (κ2) is 5.88. The van der Waals surface area contributed by atoms with Gasteiger partial charge in [-0.2, -0.15) is 10.5 Å². The van der Waals surface area contributed by atoms with Crippen LogP contribution in [0, 0.1) is 5.53 Å². The van der Waals surface area contributed by atoms with Gasteiger partial charge >= 0.3 is 0 Å². The summed E-state index contributed by atoms with van der Waals surface area (Å²) in [7, 11) is 0. The van der Waals surface area contributed by atoms with Crippen molar-refractivity contribution in [2.45, 2.75) is 19.4 Å². The third-order valence-corrected chi connectivity index (χ3v) is 4.08. The highest BCUT2D eigenvalue weighted by Gasteiger charge is 2.31. The molecule has 1 unspecified atom stereocenters. The number of nitrogens with zero attached hydrogens (tertiary/aromatic N) is 2. The van der Waals surface area contributed by atoms with Crippen LogP contribution in [-0.2, 0) is 4.79 Å². The van der Waals surface area contributed by atoms with E-state index >= 15 is 0 Å². The number of aldehydes is 1. The average molecular weight is 305 g/mol. The third-order valence-electron chi connectivity index (χ3n) is 3.01. The maximum atomic E-state index is 12.3. The van der Waals surface area contributed by atoms with Crippen LogP contribution in [0.25, 0.3) is 5.57 Å². The molecule has 1 aromatic rings. The molecule has 0 radical (unpaired) electrons. The normalized spacial score (nSPS) is 18.1. The standard InChI is InChI=1S/C13H15N5O2S/c1-7-5-10(11-4-3-9(6-19)21-11)12(13(20)16-7)18(17-15)8(2)14/h3-4,6-7,15H,2,5,14H2,1H3,(H,16,20). The van der Waals surface area contributed by atoms with Crippen molar-refractivity contribution in [3.05, 3.63) is 40.0 Å². The minimum absolute atomic E-state index is 0.0191. The SMILES string of the molecule is C=C(N)N(N=N)C1=C(c2ccc(C=O)s2)CC(C)NC1=O. The van der Waals surface area contributed by atoms with Gasteiger partial charge in [-0.05, 0) is 25.5 Å². The quantitative estimate of drug-likeness (QED) is 0.438. The van der Waals surface area contributed by atoms with Crippen molar-refractivity contribution >= 4 is 29.1 Å². The molecule has 0 spiro atoms. The number of carbonyl (C=O) groups excluding carboxylic acids is 2. The van der Waals surface area contributed by atoms with Crippen LogP contribution in [0.1, 0.15) is 27.9 Å². The molecule has 1 atom stereocenters. The van der Waals surface area contributed by atoms with Crippen LogP contribution in [0.3, 0.4) is 0 Å². The highest BCUT2D eigenvalue weighted by molar-refractivity contribution is 7.14. The van der Waals surface area contributed by atoms with E-state index in [1.54, 1.807) is 12.1 Å². The van der Waals surface area contributed by atoms with Crippen LogP contribution in [0.2, 0.25) is 0 Å². The molecule has 7 nitrogen and oxygen atoms in total. The van der Waals surface area contributed by atoms with Crippen molar-refractivity contribution in [1.82, 2.24) is 10.3 Å². The van der Waals surface area contributed by atoms with Gasteiger partial charge in [-0.25, -0.2) is 0 Å². The molecule has 110 valence electrons. The minimum Gasteiger partial charge on any atom is -0.384 e. The summed E-state index contributed by atoms with van der Waals surface area (Å²) >= 11 is 1.28. The summed E-state index contributed by atoms with van der Waals surface area (Å²) in [6.45, 7) is 5.40. The van der Waals surface area contributed by atoms with E-state index in [1.165, 1.54) is 11.3 Å². The fraction of sp³-hybridized carbons (Fsp3) is 0.231. The van der Waals surface area contributed by atoms with Gasteiger partial charge < -0.3 is 11.1 Å². The smallest absolute Gasteiger partial charge is 0.270 e. The van der Waals surface area contributed by atoms with Crippen molar-refractivity contribution in [3.63, 3.8) is 0 Å². The predicted octanol–water partition coefficient (Wildman–Crippen LogP) is 1.86. The molecular weight excluding hydrogens is 290 g/mol. The van der Waals surface area contributed by atoms with Crippen LogP contribution < -0.4 is 11.1 Å². The molecule has 2 heterocycles. The van der Waals surface area contributed by atoms with Gasteiger partial charge in [0.15, 0.2) is 6.29 Å². The highest BCUT2D eigenvalue weighted by Crippen LogP contribution is 2.34. The fourth-order valence-electron chi connectivity index (χ4n) is 2.16. The Labute approximate surface area is 125 Å². The second-order valence-electron chi connectivity index (χ2n) is 4.63. The van der Waals surface area contributed by atoms with Crippen molar-refractivity contribution in [2.24, 2.45) is 11.0 Å². The van der Waals surface area contributed by atoms with Crippen LogP contribution in [0.5, 0.6) is 0 Å². The lowest BCUT2D eigenvalue weighted by Gasteiger charge is -2.29. The third kappa shape index (κ3) is 2.84. The van der Waals surface area contributed by atoms with Crippen molar-refractivity contribution in [2.75, 3.05) is 0 Å². The van der Waals surface area contributed by atoms with Crippen molar-refractivity contribution < 1.29 is 9.59 Å². The van der Waals surface area contributed by atoms with E-state index in [-0.39, 0.29) is 23.5 Å². The first-order valence-corrected chi connectivity index (χ1v) is 7.00. The van der Waals surface area contributed by atoms with E-state index in [4.69, 9.17) is 11.3 Å². The summed E-state index contributed by atoms with van der Waals surface area (Å²) in [6, 6.07) is 3.40. The first-order chi connectivity index (χ1) is 9.97. The van der Waals surface area contributed by atoms with Crippen LogP contribution in [-0.4, -0.2) is 23.2 Å². The molecule has 0 aromatic carbocycles. The number of nitrogens with one attached hydrogen (secondary N) is 2. The number of amides is 1. The molecule has 0 saturated carbocycles. The zero-order chi connectivity index (χ0) is 15.6. The Hall–Kier alpha value is -2.48. The topological polar surface area (TPSA) is 112 Å². The molecule has 1 aliphatic rings. The van der Waals surface area contributed by atoms with Crippen LogP contribution in [0.4, 0.5) is 0 Å². The zero-order valence-corrected chi connectivity index (χ0v) is 12.2. The van der Waals surface area contributed by atoms with E-state index < -0.39 is 0 Å². The predicted molar refractivity (Wildman–Crippen MR) is 79.2 cm³/mol. The number of nitrogens with two attached hydrogens (primary N) is 1. The number of hydrogen-bond acceptors (Lipinski definition) is 6. The van der Waals surface area contributed by atoms with Gasteiger partial charge in [0.05, 0.1) is 4.88 Å². The van der Waals surface area contributed by atoms with Crippen molar-refractivity contribution in [1.29, 1.82) is 5.53 Å². The number of carbonyl (C=O) groups is 2. The zero-order valence-electron chi connectivity index (χ0n) is 11.4. The summed E-state index contributed by atoms with van der Waals surface area (Å²) in [5.41, 5.74) is 13.7. The Bertz CT molecular complexity index is 649. The number of rotatable bonds is 5. The van der Waals surface area contributed by atoms with E-state index in [0.717, 1.165) is 16.2 Å². The lowest BCUT2D eigenvalue weighted by molar-refractivity contribution is -0.119. The molecule has 0 fully saturated rings. The second-order valence-corrected chi connectivity index (χ2v) is 5.74. The summed E-state index contributed by atoms with van der Waals surface area (Å²) in [5, 5.41) is 7.04. The molecule has 0 bridgehead atoms. The molecule has 4 N–H and O–H groups in total. The average Bonchev–Trinajstić information content (AvgIpc) is 2.89. The summed E-state index contributed by atoms with van der Waals surface area (Å²) < 4.78 is 0. The van der Waals surface area contributed by atoms with Crippen molar-refractivity contribution in [3.8, 4) is 0 Å². The van der Waals surface area contributed by atoms with Gasteiger partial charge in [0, 0.05) is 16.5 Å². The minimum atomic E-state index is -0.368. The first kappa shape index (κ1) is 14.9. The van der Waals surface area contributed by atoms with Gasteiger partial charge in [-0.1, -0.05) is 11.8 Å². The Balaban J connectivity index is 2.60. The van der Waals surface area contributed by atoms with Crippen LogP contribution >= 0.6 is 11.3 Å². The molecule has 1 aliphatic heterocycles. The van der Waals surface area contributed by atoms with E-state index in [2.05, 4.69) is 17.1 Å². The van der Waals surface area contributed by atoms with Gasteiger partial charge in [0.2, 0.25) is 0 Å². The Kier molecular flexibility index (Phi) is 4.18. The summed E-state index contributed by atoms with van der Waals surface area (Å²) in [6.07, 6.45) is 1.31. The van der Waals surface area contributed by atoms with E-state index in [9.17, 15) is 9.59 Å². The maximum absolute atomic E-state index is 12.3. The van der Waals surface area contributed by atoms with Crippen LogP contribution in [0.15, 0.2) is 35.5 Å². The Morgan fingerprint density at radius 3 is 2.90 bits per heavy atom. The van der Waals surface area contributed by atoms with Gasteiger partial charge in [0.1, 0.15) is 11.5 Å². The first-order valence-electron chi connectivity index (χ1n) is 6.19. The lowest BCUT2D eigenvalue weighted by atomic mass is 9.98. The monoisotopic (exact) mass is 305 g/mol. The fourth-order valence-corrected chi connectivity index (χ4v) is 3.04. The molecule has 21 heavy (non-hydrogen) atoms. The molecule has 2 rings (SSSR count). The Morgan fingerprint density at radius 2 is 2.38 bits per heavy atom. The molecule has 1 amide bonds. The molecule has 0 saturated heterocycles. The molecule has 0 aliphatic carbocycles. The largest absolute Gasteiger partial charge is 0.384 e. The summed E-state index contributed by atoms with van der Waals surface area (Å²) in [5.74, 6) is -0.387. The maximum Gasteiger partial charge on any atom is 0.270 e. The van der Waals surface area contributed by atoms with E-state index in [0.29, 0.717) is 16.9 Å².